The van der Waals surface area contributed by atoms with Gasteiger partial charge >= 0.3 is 0 Å². The minimum Gasteiger partial charge on any atom is -0.390 e. The molecule has 7 nitrogen and oxygen atoms in total. The third-order valence-electron chi connectivity index (χ3n) is 3.20. The molecule has 1 aromatic rings. The summed E-state index contributed by atoms with van der Waals surface area (Å²) < 4.78 is 27.0. The van der Waals surface area contributed by atoms with Crippen LogP contribution in [0.1, 0.15) is 11.4 Å². The second-order valence-corrected chi connectivity index (χ2v) is 7.56. The normalized spacial score (nSPS) is 17.5. The molecule has 3 N–H and O–H groups in total. The number of aromatic nitrogens is 2. The molecule has 1 aromatic heterocycles. The summed E-state index contributed by atoms with van der Waals surface area (Å²) >= 11 is 1.92. The fourth-order valence-corrected chi connectivity index (χ4v) is 4.52. The quantitative estimate of drug-likeness (QED) is 0.656. The van der Waals surface area contributed by atoms with Crippen molar-refractivity contribution in [1.82, 2.24) is 19.8 Å². The number of sulfonamides is 1. The Balaban J connectivity index is 1.95. The first-order valence-corrected chi connectivity index (χ1v) is 9.13. The Hall–Kier alpha value is -0.610. The van der Waals surface area contributed by atoms with Crippen molar-refractivity contribution >= 4 is 21.8 Å². The van der Waals surface area contributed by atoms with Gasteiger partial charge in [-0.25, -0.2) is 13.1 Å². The van der Waals surface area contributed by atoms with E-state index in [9.17, 15) is 8.42 Å². The van der Waals surface area contributed by atoms with E-state index in [1.165, 1.54) is 0 Å². The monoisotopic (exact) mass is 320 g/mol. The van der Waals surface area contributed by atoms with Gasteiger partial charge in [-0.05, 0) is 6.92 Å². The molecule has 0 radical (unpaired) electrons. The van der Waals surface area contributed by atoms with Crippen molar-refractivity contribution in [3.63, 3.8) is 0 Å². The van der Waals surface area contributed by atoms with Crippen molar-refractivity contribution in [2.45, 2.75) is 18.4 Å². The summed E-state index contributed by atoms with van der Waals surface area (Å²) in [4.78, 5) is 2.31. The molecule has 0 spiro atoms. The van der Waals surface area contributed by atoms with Gasteiger partial charge in [0.1, 0.15) is 10.6 Å². The molecule has 0 saturated carbocycles. The van der Waals surface area contributed by atoms with Crippen LogP contribution in [0.25, 0.3) is 0 Å². The Labute approximate surface area is 123 Å². The molecule has 0 aromatic carbocycles. The number of aliphatic hydroxyl groups is 1. The number of H-pyrrole nitrogens is 1. The second-order valence-electron chi connectivity index (χ2n) is 4.63. The summed E-state index contributed by atoms with van der Waals surface area (Å²) in [7, 11) is -3.63. The number of rotatable bonds is 6. The van der Waals surface area contributed by atoms with Gasteiger partial charge in [0.25, 0.3) is 0 Å². The van der Waals surface area contributed by atoms with E-state index in [1.807, 2.05) is 11.8 Å². The van der Waals surface area contributed by atoms with E-state index < -0.39 is 16.6 Å². The molecule has 0 aliphatic carbocycles. The van der Waals surface area contributed by atoms with Crippen LogP contribution in [0.2, 0.25) is 0 Å². The van der Waals surface area contributed by atoms with Gasteiger partial charge in [-0.15, -0.1) is 0 Å². The number of nitrogens with one attached hydrogen (secondary N) is 2. The topological polar surface area (TPSA) is 98.3 Å². The lowest BCUT2D eigenvalue weighted by Crippen LogP contribution is -2.39. The van der Waals surface area contributed by atoms with Crippen molar-refractivity contribution in [3.05, 3.63) is 11.4 Å². The van der Waals surface area contributed by atoms with E-state index in [4.69, 9.17) is 5.11 Å². The highest BCUT2D eigenvalue weighted by molar-refractivity contribution is 7.99. The van der Waals surface area contributed by atoms with E-state index in [0.717, 1.165) is 24.6 Å². The lowest BCUT2D eigenvalue weighted by Gasteiger charge is -2.25. The Morgan fingerprint density at radius 1 is 1.45 bits per heavy atom. The predicted octanol–water partition coefficient (Wildman–Crippen LogP) is -0.462. The van der Waals surface area contributed by atoms with Crippen molar-refractivity contribution in [2.24, 2.45) is 0 Å². The van der Waals surface area contributed by atoms with Crippen LogP contribution in [-0.2, 0) is 16.6 Å². The maximum atomic E-state index is 12.2. The Kier molecular flexibility index (Phi) is 5.44. The summed E-state index contributed by atoms with van der Waals surface area (Å²) in [5.74, 6) is 2.20. The molecule has 0 unspecified atom stereocenters. The van der Waals surface area contributed by atoms with E-state index in [1.54, 1.807) is 6.92 Å². The average molecular weight is 320 g/mol. The van der Waals surface area contributed by atoms with Crippen molar-refractivity contribution in [1.29, 1.82) is 0 Å². The predicted molar refractivity (Wildman–Crippen MR) is 78.2 cm³/mol. The second kappa shape index (κ2) is 6.90. The molecule has 0 atom stereocenters. The molecule has 1 aliphatic heterocycles. The Morgan fingerprint density at radius 2 is 2.15 bits per heavy atom. The standard InChI is InChI=1S/C11H20N4O3S2/c1-9-11(10(8-16)14-13-9)20(17,18)12-2-3-15-4-6-19-7-5-15/h12,16H,2-8H2,1H3,(H,13,14). The minimum atomic E-state index is -3.63. The molecular formula is C11H20N4O3S2. The maximum Gasteiger partial charge on any atom is 0.244 e. The van der Waals surface area contributed by atoms with Crippen LogP contribution in [0.4, 0.5) is 0 Å². The van der Waals surface area contributed by atoms with E-state index in [0.29, 0.717) is 18.8 Å². The van der Waals surface area contributed by atoms with Gasteiger partial charge in [-0.1, -0.05) is 0 Å². The molecule has 2 heterocycles. The Morgan fingerprint density at radius 3 is 2.80 bits per heavy atom. The minimum absolute atomic E-state index is 0.0641. The highest BCUT2D eigenvalue weighted by Gasteiger charge is 2.23. The number of aryl methyl sites for hydroxylation is 1. The van der Waals surface area contributed by atoms with Gasteiger partial charge in [-0.2, -0.15) is 16.9 Å². The summed E-state index contributed by atoms with van der Waals surface area (Å²) in [6, 6.07) is 0. The van der Waals surface area contributed by atoms with Crippen LogP contribution >= 0.6 is 11.8 Å². The van der Waals surface area contributed by atoms with Crippen LogP contribution in [-0.4, -0.2) is 66.3 Å². The molecular weight excluding hydrogens is 300 g/mol. The van der Waals surface area contributed by atoms with Crippen molar-refractivity contribution in [2.75, 3.05) is 37.7 Å². The van der Waals surface area contributed by atoms with Gasteiger partial charge in [0.15, 0.2) is 0 Å². The molecule has 0 bridgehead atoms. The van der Waals surface area contributed by atoms with Crippen LogP contribution in [0, 0.1) is 6.92 Å². The van der Waals surface area contributed by atoms with E-state index in [2.05, 4.69) is 19.8 Å². The van der Waals surface area contributed by atoms with Crippen LogP contribution in [0.3, 0.4) is 0 Å². The molecule has 114 valence electrons. The first-order chi connectivity index (χ1) is 9.54. The first-order valence-electron chi connectivity index (χ1n) is 6.49. The number of aliphatic hydroxyl groups excluding tert-OH is 1. The van der Waals surface area contributed by atoms with E-state index in [-0.39, 0.29) is 10.6 Å². The van der Waals surface area contributed by atoms with Gasteiger partial charge in [0, 0.05) is 37.7 Å². The smallest absolute Gasteiger partial charge is 0.244 e. The van der Waals surface area contributed by atoms with Crippen LogP contribution < -0.4 is 4.72 Å². The number of thioether (sulfide) groups is 1. The molecule has 1 aliphatic rings. The molecule has 2 rings (SSSR count). The highest BCUT2D eigenvalue weighted by atomic mass is 32.2. The third-order valence-corrected chi connectivity index (χ3v) is 5.81. The lowest BCUT2D eigenvalue weighted by molar-refractivity contribution is 0.273. The van der Waals surface area contributed by atoms with Crippen LogP contribution in [0.5, 0.6) is 0 Å². The van der Waals surface area contributed by atoms with Gasteiger partial charge in [-0.3, -0.25) is 5.10 Å². The summed E-state index contributed by atoms with van der Waals surface area (Å²) in [6.45, 7) is 4.29. The zero-order valence-electron chi connectivity index (χ0n) is 11.4. The SMILES string of the molecule is Cc1[nH]nc(CO)c1S(=O)(=O)NCCN1CCSCC1. The molecule has 9 heteroatoms. The fraction of sp³-hybridized carbons (Fsp3) is 0.727. The maximum absolute atomic E-state index is 12.2. The average Bonchev–Trinajstić information content (AvgIpc) is 2.81. The molecule has 0 amide bonds. The summed E-state index contributed by atoms with van der Waals surface area (Å²) in [5.41, 5.74) is 0.597. The summed E-state index contributed by atoms with van der Waals surface area (Å²) in [6.07, 6.45) is 0. The zero-order valence-corrected chi connectivity index (χ0v) is 13.1. The molecule has 1 fully saturated rings. The molecule has 1 saturated heterocycles. The number of aromatic amines is 1. The van der Waals surface area contributed by atoms with Crippen molar-refractivity contribution in [3.8, 4) is 0 Å². The number of nitrogens with zero attached hydrogens (tertiary/aromatic N) is 2. The fourth-order valence-electron chi connectivity index (χ4n) is 2.17. The van der Waals surface area contributed by atoms with Crippen molar-refractivity contribution < 1.29 is 13.5 Å². The number of hydrogen-bond acceptors (Lipinski definition) is 6. The zero-order chi connectivity index (χ0) is 14.6. The summed E-state index contributed by atoms with van der Waals surface area (Å²) in [5, 5.41) is 15.5. The highest BCUT2D eigenvalue weighted by Crippen LogP contribution is 2.17. The Bertz CT molecular complexity index is 538. The van der Waals surface area contributed by atoms with Gasteiger partial charge < -0.3 is 10.0 Å². The van der Waals surface area contributed by atoms with E-state index >= 15 is 0 Å². The first kappa shape index (κ1) is 15.8. The van der Waals surface area contributed by atoms with Gasteiger partial charge in [0.2, 0.25) is 10.0 Å². The lowest BCUT2D eigenvalue weighted by atomic mass is 10.4. The molecule has 20 heavy (non-hydrogen) atoms. The van der Waals surface area contributed by atoms with Crippen LogP contribution in [0.15, 0.2) is 4.90 Å². The third kappa shape index (κ3) is 3.73. The number of hydrogen-bond donors (Lipinski definition) is 3. The van der Waals surface area contributed by atoms with Gasteiger partial charge in [0.05, 0.1) is 12.3 Å². The largest absolute Gasteiger partial charge is 0.390 e.